The van der Waals surface area contributed by atoms with Crippen LogP contribution in [-0.2, 0) is 0 Å². The lowest BCUT2D eigenvalue weighted by atomic mass is 10.0. The summed E-state index contributed by atoms with van der Waals surface area (Å²) in [6.45, 7) is 0. The van der Waals surface area contributed by atoms with E-state index in [2.05, 4.69) is 5.16 Å². The molecule has 0 fully saturated rings. The van der Waals surface area contributed by atoms with Gasteiger partial charge in [0.2, 0.25) is 0 Å². The fourth-order valence-corrected chi connectivity index (χ4v) is 3.05. The summed E-state index contributed by atoms with van der Waals surface area (Å²) < 4.78 is 28.3. The molecule has 0 amide bonds. The molecule has 132 valence electrons. The molecule has 0 aliphatic heterocycles. The van der Waals surface area contributed by atoms with Crippen molar-refractivity contribution >= 4 is 28.9 Å². The Balaban J connectivity index is 2.20. The van der Waals surface area contributed by atoms with Crippen molar-refractivity contribution in [3.05, 3.63) is 97.9 Å². The summed E-state index contributed by atoms with van der Waals surface area (Å²) >= 11 is 12.3. The maximum Gasteiger partial charge on any atom is 0.255 e. The number of pyridine rings is 1. The van der Waals surface area contributed by atoms with E-state index >= 15 is 0 Å². The lowest BCUT2D eigenvalue weighted by Gasteiger charge is -2.12. The number of halogens is 4. The highest BCUT2D eigenvalue weighted by molar-refractivity contribution is 6.37. The molecule has 8 heteroatoms. The Kier molecular flexibility index (Phi) is 5.06. The van der Waals surface area contributed by atoms with E-state index in [1.165, 1.54) is 18.3 Å². The summed E-state index contributed by atoms with van der Waals surface area (Å²) in [5.74, 6) is -1.68. The van der Waals surface area contributed by atoms with E-state index in [0.717, 1.165) is 16.7 Å². The van der Waals surface area contributed by atoms with Gasteiger partial charge < -0.3 is 5.21 Å². The molecule has 0 unspecified atom stereocenters. The first-order valence-electron chi connectivity index (χ1n) is 7.27. The third-order valence-corrected chi connectivity index (χ3v) is 4.26. The third-order valence-electron chi connectivity index (χ3n) is 3.65. The Labute approximate surface area is 156 Å². The molecule has 3 aromatic rings. The van der Waals surface area contributed by atoms with Crippen molar-refractivity contribution in [3.8, 4) is 5.69 Å². The fourth-order valence-electron chi connectivity index (χ4n) is 2.47. The highest BCUT2D eigenvalue weighted by Gasteiger charge is 2.17. The van der Waals surface area contributed by atoms with Crippen molar-refractivity contribution in [2.45, 2.75) is 0 Å². The second-order valence-corrected chi connectivity index (χ2v) is 6.08. The molecule has 0 atom stereocenters. The molecular weight excluding hydrogens is 385 g/mol. The molecule has 0 bridgehead atoms. The van der Waals surface area contributed by atoms with Crippen LogP contribution in [0.15, 0.2) is 64.7 Å². The van der Waals surface area contributed by atoms with Gasteiger partial charge in [-0.1, -0.05) is 34.4 Å². The molecule has 0 aliphatic carbocycles. The van der Waals surface area contributed by atoms with Crippen molar-refractivity contribution in [1.29, 1.82) is 0 Å². The molecule has 1 aromatic heterocycles. The molecule has 0 saturated carbocycles. The van der Waals surface area contributed by atoms with Gasteiger partial charge in [0.1, 0.15) is 17.3 Å². The van der Waals surface area contributed by atoms with E-state index in [1.807, 2.05) is 0 Å². The van der Waals surface area contributed by atoms with Gasteiger partial charge >= 0.3 is 0 Å². The van der Waals surface area contributed by atoms with Crippen LogP contribution in [0, 0.1) is 11.6 Å². The van der Waals surface area contributed by atoms with Gasteiger partial charge in [-0.3, -0.25) is 9.36 Å². The molecular formula is C18H10Cl2F2N2O2. The van der Waals surface area contributed by atoms with Gasteiger partial charge in [-0.05, 0) is 30.3 Å². The molecule has 2 aromatic carbocycles. The number of rotatable bonds is 3. The number of benzene rings is 2. The second kappa shape index (κ2) is 7.27. The minimum absolute atomic E-state index is 0.135. The minimum atomic E-state index is -0.911. The highest BCUT2D eigenvalue weighted by Crippen LogP contribution is 2.27. The summed E-state index contributed by atoms with van der Waals surface area (Å²) in [5.41, 5.74) is -0.322. The lowest BCUT2D eigenvalue weighted by molar-refractivity contribution is 0.319. The van der Waals surface area contributed by atoms with Gasteiger partial charge in [-0.2, -0.15) is 0 Å². The Morgan fingerprint density at radius 2 is 1.73 bits per heavy atom. The molecule has 0 radical (unpaired) electrons. The van der Waals surface area contributed by atoms with Crippen molar-refractivity contribution < 1.29 is 14.0 Å². The largest absolute Gasteiger partial charge is 0.410 e. The zero-order chi connectivity index (χ0) is 18.8. The number of nitrogens with zero attached hydrogens (tertiary/aromatic N) is 2. The summed E-state index contributed by atoms with van der Waals surface area (Å²) in [6, 6.07) is 10.1. The first-order chi connectivity index (χ1) is 12.4. The van der Waals surface area contributed by atoms with Crippen LogP contribution >= 0.6 is 23.2 Å². The molecule has 1 N–H and O–H groups in total. The minimum Gasteiger partial charge on any atom is -0.410 e. The van der Waals surface area contributed by atoms with Crippen LogP contribution in [0.1, 0.15) is 11.1 Å². The molecule has 0 spiro atoms. The van der Waals surface area contributed by atoms with E-state index in [-0.39, 0.29) is 32.6 Å². The molecule has 0 aliphatic rings. The van der Waals surface area contributed by atoms with Crippen molar-refractivity contribution in [3.63, 3.8) is 0 Å². The Morgan fingerprint density at radius 1 is 1.04 bits per heavy atom. The first-order valence-corrected chi connectivity index (χ1v) is 8.03. The average Bonchev–Trinajstić information content (AvgIpc) is 2.59. The SMILES string of the molecule is O=c1ccc(C(=NO)c2ccc(F)cc2F)cn1-c1c(Cl)cccc1Cl. The average molecular weight is 395 g/mol. The van der Waals surface area contributed by atoms with E-state index < -0.39 is 17.2 Å². The maximum absolute atomic E-state index is 14.1. The summed E-state index contributed by atoms with van der Waals surface area (Å²) in [7, 11) is 0. The van der Waals surface area contributed by atoms with Crippen LogP contribution in [0.4, 0.5) is 8.78 Å². The first kappa shape index (κ1) is 18.1. The molecule has 0 saturated heterocycles. The van der Waals surface area contributed by atoms with E-state index in [4.69, 9.17) is 23.2 Å². The van der Waals surface area contributed by atoms with E-state index in [0.29, 0.717) is 6.07 Å². The molecule has 1 heterocycles. The zero-order valence-corrected chi connectivity index (χ0v) is 14.5. The Bertz CT molecular complexity index is 1060. The maximum atomic E-state index is 14.1. The summed E-state index contributed by atoms with van der Waals surface area (Å²) in [5, 5.41) is 12.9. The van der Waals surface area contributed by atoms with Gasteiger partial charge in [0.15, 0.2) is 0 Å². The van der Waals surface area contributed by atoms with Gasteiger partial charge in [0.05, 0.1) is 15.7 Å². The van der Waals surface area contributed by atoms with Crippen LogP contribution in [0.2, 0.25) is 10.0 Å². The lowest BCUT2D eigenvalue weighted by Crippen LogP contribution is -2.20. The van der Waals surface area contributed by atoms with Crippen molar-refractivity contribution in [1.82, 2.24) is 4.57 Å². The van der Waals surface area contributed by atoms with Crippen LogP contribution in [-0.4, -0.2) is 15.5 Å². The van der Waals surface area contributed by atoms with Crippen LogP contribution in [0.5, 0.6) is 0 Å². The van der Waals surface area contributed by atoms with Gasteiger partial charge in [-0.15, -0.1) is 0 Å². The smallest absolute Gasteiger partial charge is 0.255 e. The number of oxime groups is 1. The number of para-hydroxylation sites is 1. The quantitative estimate of drug-likeness (QED) is 0.399. The standard InChI is InChI=1S/C18H10Cl2F2N2O2/c19-13-2-1-3-14(20)18(13)24-9-10(4-7-16(24)25)17(23-26)12-6-5-11(21)8-15(12)22/h1-9,26H. The molecule has 3 rings (SSSR count). The second-order valence-electron chi connectivity index (χ2n) is 5.27. The molecule has 26 heavy (non-hydrogen) atoms. The van der Waals surface area contributed by atoms with Crippen LogP contribution in [0.3, 0.4) is 0 Å². The highest BCUT2D eigenvalue weighted by atomic mass is 35.5. The fraction of sp³-hybridized carbons (Fsp3) is 0. The Morgan fingerprint density at radius 3 is 2.35 bits per heavy atom. The van der Waals surface area contributed by atoms with Crippen molar-refractivity contribution in [2.24, 2.45) is 5.16 Å². The zero-order valence-electron chi connectivity index (χ0n) is 13.0. The number of hydrogen-bond acceptors (Lipinski definition) is 3. The predicted molar refractivity (Wildman–Crippen MR) is 95.8 cm³/mol. The molecule has 4 nitrogen and oxygen atoms in total. The Hall–Kier alpha value is -2.70. The van der Waals surface area contributed by atoms with Crippen molar-refractivity contribution in [2.75, 3.05) is 0 Å². The van der Waals surface area contributed by atoms with Gasteiger partial charge in [0, 0.05) is 29.5 Å². The van der Waals surface area contributed by atoms with E-state index in [9.17, 15) is 18.8 Å². The van der Waals surface area contributed by atoms with Gasteiger partial charge in [-0.25, -0.2) is 8.78 Å². The topological polar surface area (TPSA) is 54.6 Å². The number of aromatic nitrogens is 1. The monoisotopic (exact) mass is 394 g/mol. The van der Waals surface area contributed by atoms with Crippen LogP contribution in [0.25, 0.3) is 5.69 Å². The summed E-state index contributed by atoms with van der Waals surface area (Å²) in [4.78, 5) is 12.3. The van der Waals surface area contributed by atoms with Crippen LogP contribution < -0.4 is 5.56 Å². The van der Waals surface area contributed by atoms with Gasteiger partial charge in [0.25, 0.3) is 5.56 Å². The predicted octanol–water partition coefficient (Wildman–Crippen LogP) is 4.65. The third kappa shape index (κ3) is 3.34. The van der Waals surface area contributed by atoms with E-state index in [1.54, 1.807) is 18.2 Å². The summed E-state index contributed by atoms with van der Waals surface area (Å²) in [6.07, 6.45) is 1.31. The normalized spacial score (nSPS) is 11.6. The number of hydrogen-bond donors (Lipinski definition) is 1.